The summed E-state index contributed by atoms with van der Waals surface area (Å²) in [5.41, 5.74) is 0. The molecule has 1 heterocycles. The van der Waals surface area contributed by atoms with E-state index in [-0.39, 0.29) is 6.42 Å². The minimum atomic E-state index is -5.22. The normalized spacial score (nSPS) is 37.9. The minimum absolute atomic E-state index is 0.355. The summed E-state index contributed by atoms with van der Waals surface area (Å²) in [6, 6.07) is 0. The topological polar surface area (TPSA) is 142 Å². The average Bonchev–Trinajstić information content (AvgIpc) is 2.08. The molecule has 0 aliphatic carbocycles. The highest BCUT2D eigenvalue weighted by Gasteiger charge is 2.37. The number of hydrogen-bond donors (Lipinski definition) is 3. The molecule has 1 aliphatic heterocycles. The van der Waals surface area contributed by atoms with Crippen LogP contribution in [0.4, 0.5) is 0 Å². The maximum atomic E-state index is 10.2. The first kappa shape index (κ1) is 13.0. The molecule has 8 nitrogen and oxygen atoms in total. The quantitative estimate of drug-likeness (QED) is 0.436. The molecule has 0 aromatic rings. The van der Waals surface area contributed by atoms with E-state index in [1.807, 2.05) is 0 Å². The van der Waals surface area contributed by atoms with Crippen molar-refractivity contribution < 1.29 is 38.9 Å². The van der Waals surface area contributed by atoms with E-state index < -0.39 is 39.0 Å². The molecule has 1 aliphatic rings. The molecule has 0 spiro atoms. The molecule has 0 aromatic heterocycles. The van der Waals surface area contributed by atoms with E-state index in [9.17, 15) is 24.6 Å². The van der Waals surface area contributed by atoms with Crippen molar-refractivity contribution in [2.75, 3.05) is 6.61 Å². The molecule has 0 amide bonds. The lowest BCUT2D eigenvalue weighted by atomic mass is 10.0. The average molecular weight is 242 g/mol. The van der Waals surface area contributed by atoms with E-state index in [1.165, 1.54) is 0 Å². The van der Waals surface area contributed by atoms with Crippen molar-refractivity contribution >= 4 is 7.82 Å². The fourth-order valence-corrected chi connectivity index (χ4v) is 1.70. The lowest BCUT2D eigenvalue weighted by molar-refractivity contribution is -0.360. The molecule has 1 fully saturated rings. The third-order valence-electron chi connectivity index (χ3n) is 1.96. The second-order valence-corrected chi connectivity index (χ2v) is 4.24. The third kappa shape index (κ3) is 3.78. The van der Waals surface area contributed by atoms with Gasteiger partial charge in [-0.3, -0.25) is 0 Å². The van der Waals surface area contributed by atoms with Crippen LogP contribution in [0.2, 0.25) is 0 Å². The van der Waals surface area contributed by atoms with Gasteiger partial charge < -0.3 is 38.9 Å². The van der Waals surface area contributed by atoms with Crippen LogP contribution in [0.1, 0.15) is 6.42 Å². The van der Waals surface area contributed by atoms with E-state index in [0.717, 1.165) is 0 Å². The second kappa shape index (κ2) is 4.86. The summed E-state index contributed by atoms with van der Waals surface area (Å²) in [5.74, 6) is 0. The Labute approximate surface area is 85.3 Å². The minimum Gasteiger partial charge on any atom is -0.790 e. The van der Waals surface area contributed by atoms with Gasteiger partial charge in [0.25, 0.3) is 0 Å². The van der Waals surface area contributed by atoms with E-state index in [0.29, 0.717) is 0 Å². The molecule has 4 atom stereocenters. The number of phosphoric acid groups is 1. The molecule has 0 radical (unpaired) electrons. The molecule has 90 valence electrons. The molecule has 0 bridgehead atoms. The predicted octanol–water partition coefficient (Wildman–Crippen LogP) is -3.34. The van der Waals surface area contributed by atoms with Crippen LogP contribution < -0.4 is 9.79 Å². The molecule has 9 heteroatoms. The summed E-state index contributed by atoms with van der Waals surface area (Å²) >= 11 is 0. The Bertz CT molecular complexity index is 252. The van der Waals surface area contributed by atoms with Gasteiger partial charge in [0, 0.05) is 6.42 Å². The van der Waals surface area contributed by atoms with Gasteiger partial charge in [-0.05, 0) is 0 Å². The predicted molar refractivity (Wildman–Crippen MR) is 41.1 cm³/mol. The zero-order valence-electron chi connectivity index (χ0n) is 7.55. The maximum Gasteiger partial charge on any atom is 0.165 e. The molecule has 15 heavy (non-hydrogen) atoms. The van der Waals surface area contributed by atoms with Crippen molar-refractivity contribution in [1.82, 2.24) is 0 Å². The van der Waals surface area contributed by atoms with Gasteiger partial charge in [-0.15, -0.1) is 0 Å². The number of aliphatic hydroxyl groups excluding tert-OH is 3. The largest absolute Gasteiger partial charge is 0.790 e. The summed E-state index contributed by atoms with van der Waals surface area (Å²) in [7, 11) is -5.22. The van der Waals surface area contributed by atoms with Crippen LogP contribution in [0.15, 0.2) is 0 Å². The SMILES string of the molecule is O=P([O-])([O-])OC1C[C@@H](O)[C@H](O)[C@@H](CO)O1. The fraction of sp³-hybridized carbons (Fsp3) is 1.00. The summed E-state index contributed by atoms with van der Waals surface area (Å²) < 4.78 is 19.0. The third-order valence-corrected chi connectivity index (χ3v) is 2.46. The zero-order chi connectivity index (χ0) is 11.6. The summed E-state index contributed by atoms with van der Waals surface area (Å²) in [6.07, 6.45) is -5.65. The van der Waals surface area contributed by atoms with Crippen molar-refractivity contribution in [1.29, 1.82) is 0 Å². The Morgan fingerprint density at radius 1 is 1.47 bits per heavy atom. The lowest BCUT2D eigenvalue weighted by Gasteiger charge is -2.40. The standard InChI is InChI=1S/C6H13O8P/c7-2-4-6(9)3(8)1-5(13-4)14-15(10,11)12/h3-9H,1-2H2,(H2,10,11,12)/p-2/t3-,4-,5?,6+/m1/s1. The van der Waals surface area contributed by atoms with Crippen LogP contribution in [-0.4, -0.2) is 46.5 Å². The first-order chi connectivity index (χ1) is 6.83. The molecule has 3 N–H and O–H groups in total. The van der Waals surface area contributed by atoms with E-state index in [2.05, 4.69) is 4.52 Å². The van der Waals surface area contributed by atoms with E-state index in [1.54, 1.807) is 0 Å². The van der Waals surface area contributed by atoms with Crippen LogP contribution in [-0.2, 0) is 13.8 Å². The lowest BCUT2D eigenvalue weighted by Crippen LogP contribution is -2.50. The van der Waals surface area contributed by atoms with Gasteiger partial charge in [-0.2, -0.15) is 0 Å². The number of phosphoric ester groups is 1. The first-order valence-corrected chi connectivity index (χ1v) is 5.62. The Balaban J connectivity index is 2.59. The summed E-state index contributed by atoms with van der Waals surface area (Å²) in [4.78, 5) is 20.5. The van der Waals surface area contributed by atoms with Gasteiger partial charge in [0.15, 0.2) is 6.29 Å². The highest BCUT2D eigenvalue weighted by molar-refractivity contribution is 7.43. The van der Waals surface area contributed by atoms with Crippen LogP contribution in [0.3, 0.4) is 0 Å². The van der Waals surface area contributed by atoms with Crippen molar-refractivity contribution in [3.8, 4) is 0 Å². The highest BCUT2D eigenvalue weighted by Crippen LogP contribution is 2.32. The van der Waals surface area contributed by atoms with Gasteiger partial charge in [0.05, 0.1) is 20.5 Å². The van der Waals surface area contributed by atoms with Gasteiger partial charge in [0.1, 0.15) is 12.2 Å². The van der Waals surface area contributed by atoms with Crippen LogP contribution in [0.5, 0.6) is 0 Å². The number of rotatable bonds is 3. The first-order valence-electron chi connectivity index (χ1n) is 4.16. The van der Waals surface area contributed by atoms with Gasteiger partial charge in [-0.1, -0.05) is 0 Å². The van der Waals surface area contributed by atoms with Crippen molar-refractivity contribution in [2.45, 2.75) is 31.0 Å². The smallest absolute Gasteiger partial charge is 0.165 e. The van der Waals surface area contributed by atoms with Crippen molar-refractivity contribution in [3.05, 3.63) is 0 Å². The molecule has 0 saturated carbocycles. The Hall–Kier alpha value is -0.0500. The highest BCUT2D eigenvalue weighted by atomic mass is 31.2. The number of hydrogen-bond acceptors (Lipinski definition) is 8. The number of ether oxygens (including phenoxy) is 1. The maximum absolute atomic E-state index is 10.2. The molecule has 1 rings (SSSR count). The van der Waals surface area contributed by atoms with E-state index >= 15 is 0 Å². The molecule has 1 saturated heterocycles. The Kier molecular flexibility index (Phi) is 4.21. The summed E-state index contributed by atoms with van der Waals surface area (Å²) in [5, 5.41) is 27.2. The summed E-state index contributed by atoms with van der Waals surface area (Å²) in [6.45, 7) is -0.625. The van der Waals surface area contributed by atoms with Crippen LogP contribution in [0, 0.1) is 0 Å². The molecule has 0 aromatic carbocycles. The zero-order valence-corrected chi connectivity index (χ0v) is 8.45. The van der Waals surface area contributed by atoms with Crippen LogP contribution >= 0.6 is 7.82 Å². The molecule has 1 unspecified atom stereocenters. The Morgan fingerprint density at radius 3 is 2.53 bits per heavy atom. The Morgan fingerprint density at radius 2 is 2.07 bits per heavy atom. The van der Waals surface area contributed by atoms with E-state index in [4.69, 9.17) is 9.84 Å². The van der Waals surface area contributed by atoms with Crippen molar-refractivity contribution in [3.63, 3.8) is 0 Å². The number of aliphatic hydroxyl groups is 3. The van der Waals surface area contributed by atoms with Gasteiger partial charge in [-0.25, -0.2) is 0 Å². The molecular weight excluding hydrogens is 231 g/mol. The van der Waals surface area contributed by atoms with Crippen molar-refractivity contribution in [2.24, 2.45) is 0 Å². The fourth-order valence-electron chi connectivity index (χ4n) is 1.28. The monoisotopic (exact) mass is 242 g/mol. The second-order valence-electron chi connectivity index (χ2n) is 3.13. The molecular formula is C6H11O8P-2. The van der Waals surface area contributed by atoms with Gasteiger partial charge in [0.2, 0.25) is 0 Å². The van der Waals surface area contributed by atoms with Crippen LogP contribution in [0.25, 0.3) is 0 Å². The van der Waals surface area contributed by atoms with Gasteiger partial charge >= 0.3 is 0 Å².